The van der Waals surface area contributed by atoms with Crippen LogP contribution in [0.2, 0.25) is 0 Å². The fraction of sp³-hybridized carbons (Fsp3) is 0.625. The number of carbonyl (C=O) groups is 3. The van der Waals surface area contributed by atoms with E-state index in [2.05, 4.69) is 5.32 Å². The summed E-state index contributed by atoms with van der Waals surface area (Å²) in [6.45, 7) is -0.266. The van der Waals surface area contributed by atoms with Crippen molar-refractivity contribution in [2.24, 2.45) is 11.5 Å². The van der Waals surface area contributed by atoms with Gasteiger partial charge >= 0.3 is 12.0 Å². The molecule has 0 bridgehead atoms. The zero-order valence-electron chi connectivity index (χ0n) is 8.81. The molecule has 0 aliphatic carbocycles. The topological polar surface area (TPSA) is 139 Å². The highest BCUT2D eigenvalue weighted by atomic mass is 16.4. The molecule has 0 saturated heterocycles. The van der Waals surface area contributed by atoms with Gasteiger partial charge in [-0.15, -0.1) is 0 Å². The largest absolute Gasteiger partial charge is 0.480 e. The molecule has 0 aliphatic heterocycles. The van der Waals surface area contributed by atoms with Crippen molar-refractivity contribution in [3.05, 3.63) is 0 Å². The lowest BCUT2D eigenvalue weighted by Crippen LogP contribution is -2.47. The Labute approximate surface area is 92.6 Å². The molecule has 0 unspecified atom stereocenters. The Bertz CT molecular complexity index is 253. The number of nitrogens with one attached hydrogen (secondary N) is 1. The van der Waals surface area contributed by atoms with Crippen LogP contribution in [0.5, 0.6) is 0 Å². The van der Waals surface area contributed by atoms with Gasteiger partial charge in [0.15, 0.2) is 0 Å². The van der Waals surface area contributed by atoms with Gasteiger partial charge in [-0.3, -0.25) is 9.59 Å². The van der Waals surface area contributed by atoms with Gasteiger partial charge in [0.1, 0.15) is 13.1 Å². The van der Waals surface area contributed by atoms with Gasteiger partial charge in [0.05, 0.1) is 0 Å². The van der Waals surface area contributed by atoms with Crippen LogP contribution in [0.25, 0.3) is 0 Å². The third-order valence-electron chi connectivity index (χ3n) is 1.62. The summed E-state index contributed by atoms with van der Waals surface area (Å²) < 4.78 is 0. The molecule has 0 heterocycles. The molecule has 0 aliphatic rings. The highest BCUT2D eigenvalue weighted by Gasteiger charge is 2.17. The van der Waals surface area contributed by atoms with Crippen molar-refractivity contribution in [1.82, 2.24) is 10.2 Å². The quantitative estimate of drug-likeness (QED) is 0.373. The first kappa shape index (κ1) is 14.2. The molecule has 16 heavy (non-hydrogen) atoms. The zero-order chi connectivity index (χ0) is 12.6. The minimum Gasteiger partial charge on any atom is -0.480 e. The van der Waals surface area contributed by atoms with Crippen molar-refractivity contribution in [1.29, 1.82) is 0 Å². The summed E-state index contributed by atoms with van der Waals surface area (Å²) in [5.74, 6) is -1.98. The lowest BCUT2D eigenvalue weighted by molar-refractivity contribution is -0.137. The smallest absolute Gasteiger partial charge is 0.323 e. The van der Waals surface area contributed by atoms with Crippen LogP contribution in [0.3, 0.4) is 0 Å². The summed E-state index contributed by atoms with van der Waals surface area (Å²) in [5, 5.41) is 11.0. The van der Waals surface area contributed by atoms with Crippen LogP contribution in [0.4, 0.5) is 4.79 Å². The number of rotatable bonds is 7. The van der Waals surface area contributed by atoms with Gasteiger partial charge in [-0.2, -0.15) is 0 Å². The fourth-order valence-corrected chi connectivity index (χ4v) is 0.960. The maximum atomic E-state index is 11.4. The molecule has 0 aromatic rings. The highest BCUT2D eigenvalue weighted by Crippen LogP contribution is 1.89. The number of urea groups is 1. The van der Waals surface area contributed by atoms with Gasteiger partial charge in [-0.05, 0) is 13.0 Å². The second kappa shape index (κ2) is 7.46. The number of carboxylic acid groups (broad SMARTS) is 1. The van der Waals surface area contributed by atoms with E-state index < -0.39 is 31.0 Å². The van der Waals surface area contributed by atoms with Crippen molar-refractivity contribution in [2.75, 3.05) is 26.2 Å². The summed E-state index contributed by atoms with van der Waals surface area (Å²) in [6, 6.07) is -0.644. The third-order valence-corrected chi connectivity index (χ3v) is 1.62. The monoisotopic (exact) mass is 232 g/mol. The molecule has 0 fully saturated rings. The van der Waals surface area contributed by atoms with Crippen LogP contribution in [-0.2, 0) is 9.59 Å². The van der Waals surface area contributed by atoms with Crippen LogP contribution in [0.1, 0.15) is 6.42 Å². The predicted molar refractivity (Wildman–Crippen MR) is 55.5 cm³/mol. The van der Waals surface area contributed by atoms with Crippen molar-refractivity contribution in [3.8, 4) is 0 Å². The van der Waals surface area contributed by atoms with Crippen LogP contribution in [0.15, 0.2) is 0 Å². The molecule has 0 rings (SSSR count). The van der Waals surface area contributed by atoms with E-state index in [4.69, 9.17) is 16.6 Å². The lowest BCUT2D eigenvalue weighted by atomic mass is 10.4. The first-order chi connectivity index (χ1) is 7.47. The molecule has 92 valence electrons. The van der Waals surface area contributed by atoms with Crippen molar-refractivity contribution >= 4 is 17.9 Å². The summed E-state index contributed by atoms with van der Waals surface area (Å²) in [7, 11) is 0. The number of hydrogen-bond donors (Lipinski definition) is 4. The minimum atomic E-state index is -1.21. The molecule has 0 aromatic carbocycles. The maximum absolute atomic E-state index is 11.4. The molecule has 3 amide bonds. The Balaban J connectivity index is 4.20. The summed E-state index contributed by atoms with van der Waals surface area (Å²) in [4.78, 5) is 33.3. The van der Waals surface area contributed by atoms with Gasteiger partial charge in [0, 0.05) is 6.54 Å². The number of carbonyl (C=O) groups excluding carboxylic acids is 2. The SMILES string of the molecule is NCCCNC(=O)N(CC(N)=O)CC(=O)O. The van der Waals surface area contributed by atoms with E-state index in [1.54, 1.807) is 0 Å². The van der Waals surface area contributed by atoms with Crippen molar-refractivity contribution in [3.63, 3.8) is 0 Å². The summed E-state index contributed by atoms with van der Waals surface area (Å²) in [5.41, 5.74) is 10.1. The van der Waals surface area contributed by atoms with E-state index in [1.807, 2.05) is 0 Å². The van der Waals surface area contributed by atoms with Gasteiger partial charge in [-0.25, -0.2) is 4.79 Å². The van der Waals surface area contributed by atoms with E-state index in [0.29, 0.717) is 19.5 Å². The third kappa shape index (κ3) is 6.60. The average molecular weight is 232 g/mol. The summed E-state index contributed by atoms with van der Waals surface area (Å²) in [6.07, 6.45) is 0.573. The van der Waals surface area contributed by atoms with Crippen LogP contribution in [0, 0.1) is 0 Å². The Kier molecular flexibility index (Phi) is 6.61. The van der Waals surface area contributed by atoms with Gasteiger partial charge in [0.2, 0.25) is 5.91 Å². The zero-order valence-corrected chi connectivity index (χ0v) is 8.81. The minimum absolute atomic E-state index is 0.324. The first-order valence-electron chi connectivity index (χ1n) is 4.70. The van der Waals surface area contributed by atoms with E-state index in [0.717, 1.165) is 4.90 Å². The van der Waals surface area contributed by atoms with E-state index >= 15 is 0 Å². The number of hydrogen-bond acceptors (Lipinski definition) is 4. The molecular formula is C8H16N4O4. The van der Waals surface area contributed by atoms with E-state index in [1.165, 1.54) is 0 Å². The average Bonchev–Trinajstić information content (AvgIpc) is 2.15. The Hall–Kier alpha value is -1.83. The Morgan fingerprint density at radius 2 is 1.88 bits per heavy atom. The lowest BCUT2D eigenvalue weighted by Gasteiger charge is -2.19. The van der Waals surface area contributed by atoms with Crippen molar-refractivity contribution < 1.29 is 19.5 Å². The number of nitrogens with zero attached hydrogens (tertiary/aromatic N) is 1. The molecule has 0 atom stereocenters. The molecule has 6 N–H and O–H groups in total. The first-order valence-corrected chi connectivity index (χ1v) is 4.70. The Morgan fingerprint density at radius 1 is 1.25 bits per heavy atom. The number of nitrogens with two attached hydrogens (primary N) is 2. The van der Waals surface area contributed by atoms with Gasteiger partial charge in [-0.1, -0.05) is 0 Å². The second-order valence-corrected chi connectivity index (χ2v) is 3.09. The van der Waals surface area contributed by atoms with E-state index in [9.17, 15) is 14.4 Å². The summed E-state index contributed by atoms with van der Waals surface area (Å²) >= 11 is 0. The van der Waals surface area contributed by atoms with Crippen LogP contribution < -0.4 is 16.8 Å². The van der Waals surface area contributed by atoms with Crippen molar-refractivity contribution in [2.45, 2.75) is 6.42 Å². The predicted octanol–water partition coefficient (Wildman–Crippen LogP) is -2.08. The second-order valence-electron chi connectivity index (χ2n) is 3.09. The maximum Gasteiger partial charge on any atom is 0.323 e. The van der Waals surface area contributed by atoms with Gasteiger partial charge in [0.25, 0.3) is 0 Å². The normalized spacial score (nSPS) is 9.56. The fourth-order valence-electron chi connectivity index (χ4n) is 0.960. The molecule has 0 saturated carbocycles. The number of carboxylic acids is 1. The molecule has 8 heteroatoms. The van der Waals surface area contributed by atoms with Gasteiger partial charge < -0.3 is 26.8 Å². The molecule has 0 aromatic heterocycles. The van der Waals surface area contributed by atoms with E-state index in [-0.39, 0.29) is 0 Å². The highest BCUT2D eigenvalue weighted by molar-refractivity contribution is 5.85. The molecule has 0 spiro atoms. The Morgan fingerprint density at radius 3 is 2.31 bits per heavy atom. The van der Waals surface area contributed by atoms with Crippen LogP contribution >= 0.6 is 0 Å². The molecular weight excluding hydrogens is 216 g/mol. The number of aliphatic carboxylic acids is 1. The standard InChI is InChI=1S/C8H16N4O4/c9-2-1-3-11-8(16)12(4-6(10)13)5-7(14)15/h1-5,9H2,(H2,10,13)(H,11,16)(H,14,15). The molecule has 0 radical (unpaired) electrons. The number of amides is 3. The van der Waals surface area contributed by atoms with Crippen LogP contribution in [-0.4, -0.2) is 54.1 Å². The number of primary amides is 1. The molecule has 8 nitrogen and oxygen atoms in total.